The maximum absolute atomic E-state index is 11.7. The molecule has 1 saturated carbocycles. The Balaban J connectivity index is 1.67. The summed E-state index contributed by atoms with van der Waals surface area (Å²) in [7, 11) is 0. The van der Waals surface area contributed by atoms with Crippen LogP contribution in [0.1, 0.15) is 19.8 Å². The first kappa shape index (κ1) is 15.4. The van der Waals surface area contributed by atoms with E-state index in [1.54, 1.807) is 0 Å². The molecule has 1 aliphatic rings. The number of nitrogens with one attached hydrogen (secondary N) is 1. The second-order valence-electron chi connectivity index (χ2n) is 5.35. The van der Waals surface area contributed by atoms with Crippen molar-refractivity contribution in [1.82, 2.24) is 5.32 Å². The molecule has 1 aromatic rings. The van der Waals surface area contributed by atoms with Gasteiger partial charge >= 0.3 is 5.97 Å². The topological polar surface area (TPSA) is 69.6 Å². The minimum absolute atomic E-state index is 0.120. The Morgan fingerprint density at radius 2 is 2.00 bits per heavy atom. The number of carbonyl (C=O) groups is 2. The third kappa shape index (κ3) is 4.21. The monoisotopic (exact) mass is 290 g/mol. The molecule has 0 unspecified atom stereocenters. The van der Waals surface area contributed by atoms with Gasteiger partial charge in [-0.2, -0.15) is 0 Å². The summed E-state index contributed by atoms with van der Waals surface area (Å²) in [6.07, 6.45) is 1.32. The van der Waals surface area contributed by atoms with Crippen LogP contribution >= 0.6 is 0 Å². The number of carboxylic acid groups (broad SMARTS) is 1. The van der Waals surface area contributed by atoms with Gasteiger partial charge in [0.05, 0.1) is 11.8 Å². The molecular weight excluding hydrogens is 268 g/mol. The molecule has 1 aliphatic carbocycles. The number of amides is 1. The molecule has 5 nitrogen and oxygen atoms in total. The van der Waals surface area contributed by atoms with Gasteiger partial charge < -0.3 is 15.3 Å². The standard InChI is InChI=1S/C16H22N2O3/c1-2-18(12-7-4-3-5-8-12)10-6-9-17-15(19)13-11-14(13)16(20)21/h3-5,7-8,13-14H,2,6,9-11H2,1H3,(H,17,19)(H,20,21)/t13-,14+/m1/s1. The zero-order valence-corrected chi connectivity index (χ0v) is 12.3. The van der Waals surface area contributed by atoms with E-state index in [9.17, 15) is 9.59 Å². The summed E-state index contributed by atoms with van der Waals surface area (Å²) in [6, 6.07) is 10.2. The number of hydrogen-bond acceptors (Lipinski definition) is 3. The van der Waals surface area contributed by atoms with Crippen molar-refractivity contribution in [2.75, 3.05) is 24.5 Å². The van der Waals surface area contributed by atoms with Gasteiger partial charge in [-0.25, -0.2) is 0 Å². The van der Waals surface area contributed by atoms with Crippen molar-refractivity contribution in [3.05, 3.63) is 30.3 Å². The van der Waals surface area contributed by atoms with Crippen LogP contribution in [0.4, 0.5) is 5.69 Å². The highest BCUT2D eigenvalue weighted by molar-refractivity contribution is 5.89. The van der Waals surface area contributed by atoms with E-state index in [1.165, 1.54) is 5.69 Å². The van der Waals surface area contributed by atoms with Crippen LogP contribution in [-0.2, 0) is 9.59 Å². The van der Waals surface area contributed by atoms with E-state index in [1.807, 2.05) is 18.2 Å². The van der Waals surface area contributed by atoms with Gasteiger partial charge in [0.15, 0.2) is 0 Å². The van der Waals surface area contributed by atoms with Crippen molar-refractivity contribution < 1.29 is 14.7 Å². The molecule has 0 saturated heterocycles. The SMILES string of the molecule is CCN(CCCNC(=O)[C@@H]1C[C@@H]1C(=O)O)c1ccccc1. The number of benzene rings is 1. The van der Waals surface area contributed by atoms with E-state index in [0.29, 0.717) is 13.0 Å². The van der Waals surface area contributed by atoms with Crippen molar-refractivity contribution in [2.45, 2.75) is 19.8 Å². The number of carboxylic acids is 1. The Kier molecular flexibility index (Phi) is 5.20. The molecule has 21 heavy (non-hydrogen) atoms. The first-order chi connectivity index (χ1) is 10.1. The summed E-state index contributed by atoms with van der Waals surface area (Å²) in [5.41, 5.74) is 1.18. The summed E-state index contributed by atoms with van der Waals surface area (Å²) < 4.78 is 0. The minimum atomic E-state index is -0.864. The molecular formula is C16H22N2O3. The number of carbonyl (C=O) groups excluding carboxylic acids is 1. The summed E-state index contributed by atoms with van der Waals surface area (Å²) >= 11 is 0. The molecule has 2 N–H and O–H groups in total. The quantitative estimate of drug-likeness (QED) is 0.716. The molecule has 114 valence electrons. The molecule has 5 heteroatoms. The van der Waals surface area contributed by atoms with Crippen LogP contribution in [0.25, 0.3) is 0 Å². The molecule has 0 radical (unpaired) electrons. The largest absolute Gasteiger partial charge is 0.481 e. The smallest absolute Gasteiger partial charge is 0.307 e. The Bertz CT molecular complexity index is 490. The van der Waals surface area contributed by atoms with E-state index < -0.39 is 11.9 Å². The molecule has 0 aliphatic heterocycles. The van der Waals surface area contributed by atoms with Crippen LogP contribution in [0.3, 0.4) is 0 Å². The third-order valence-electron chi connectivity index (χ3n) is 3.85. The maximum atomic E-state index is 11.7. The number of rotatable bonds is 8. The van der Waals surface area contributed by atoms with E-state index >= 15 is 0 Å². The molecule has 1 fully saturated rings. The van der Waals surface area contributed by atoms with E-state index in [0.717, 1.165) is 19.5 Å². The van der Waals surface area contributed by atoms with E-state index in [4.69, 9.17) is 5.11 Å². The number of para-hydroxylation sites is 1. The summed E-state index contributed by atoms with van der Waals surface area (Å²) in [5, 5.41) is 11.6. The second-order valence-corrected chi connectivity index (χ2v) is 5.35. The van der Waals surface area contributed by atoms with Gasteiger partial charge in [0.1, 0.15) is 0 Å². The van der Waals surface area contributed by atoms with Gasteiger partial charge in [-0.3, -0.25) is 9.59 Å². The highest BCUT2D eigenvalue weighted by atomic mass is 16.4. The molecule has 0 heterocycles. The fourth-order valence-electron chi connectivity index (χ4n) is 2.48. The summed E-state index contributed by atoms with van der Waals surface area (Å²) in [5.74, 6) is -1.78. The average molecular weight is 290 g/mol. The van der Waals surface area contributed by atoms with Crippen molar-refractivity contribution in [2.24, 2.45) is 11.8 Å². The lowest BCUT2D eigenvalue weighted by atomic mass is 10.2. The predicted molar refractivity (Wildman–Crippen MR) is 81.2 cm³/mol. The van der Waals surface area contributed by atoms with Crippen LogP contribution in [0.15, 0.2) is 30.3 Å². The lowest BCUT2D eigenvalue weighted by Crippen LogP contribution is -2.31. The van der Waals surface area contributed by atoms with Gasteiger partial charge in [-0.05, 0) is 31.9 Å². The molecule has 2 atom stereocenters. The normalized spacial score (nSPS) is 19.9. The summed E-state index contributed by atoms with van der Waals surface area (Å²) in [4.78, 5) is 24.7. The highest BCUT2D eigenvalue weighted by Gasteiger charge is 2.48. The number of nitrogens with zero attached hydrogens (tertiary/aromatic N) is 1. The molecule has 0 spiro atoms. The van der Waals surface area contributed by atoms with Crippen molar-refractivity contribution >= 4 is 17.6 Å². The van der Waals surface area contributed by atoms with Gasteiger partial charge in [0.2, 0.25) is 5.91 Å². The van der Waals surface area contributed by atoms with Gasteiger partial charge in [0, 0.05) is 25.3 Å². The molecule has 0 aromatic heterocycles. The van der Waals surface area contributed by atoms with Gasteiger partial charge in [-0.1, -0.05) is 18.2 Å². The number of anilines is 1. The zero-order valence-electron chi connectivity index (χ0n) is 12.3. The van der Waals surface area contributed by atoms with Gasteiger partial charge in [-0.15, -0.1) is 0 Å². The second kappa shape index (κ2) is 7.11. The molecule has 2 rings (SSSR count). The highest BCUT2D eigenvalue weighted by Crippen LogP contribution is 2.38. The van der Waals surface area contributed by atoms with Crippen LogP contribution in [0, 0.1) is 11.8 Å². The first-order valence-corrected chi connectivity index (χ1v) is 7.44. The van der Waals surface area contributed by atoms with Crippen LogP contribution in [0.2, 0.25) is 0 Å². The average Bonchev–Trinajstić information content (AvgIpc) is 3.29. The van der Waals surface area contributed by atoms with Crippen LogP contribution < -0.4 is 10.2 Å². The molecule has 1 aromatic carbocycles. The molecule has 0 bridgehead atoms. The summed E-state index contributed by atoms with van der Waals surface area (Å²) in [6.45, 7) is 4.48. The van der Waals surface area contributed by atoms with E-state index in [-0.39, 0.29) is 11.8 Å². The Morgan fingerprint density at radius 1 is 1.29 bits per heavy atom. The Labute approximate surface area is 125 Å². The third-order valence-corrected chi connectivity index (χ3v) is 3.85. The molecule has 1 amide bonds. The fraction of sp³-hybridized carbons (Fsp3) is 0.500. The lowest BCUT2D eigenvalue weighted by Gasteiger charge is -2.23. The Hall–Kier alpha value is -2.04. The predicted octanol–water partition coefficient (Wildman–Crippen LogP) is 1.74. The lowest BCUT2D eigenvalue weighted by molar-refractivity contribution is -0.140. The zero-order chi connectivity index (χ0) is 15.2. The Morgan fingerprint density at radius 3 is 2.57 bits per heavy atom. The minimum Gasteiger partial charge on any atom is -0.481 e. The fourth-order valence-corrected chi connectivity index (χ4v) is 2.48. The number of hydrogen-bond donors (Lipinski definition) is 2. The number of aliphatic carboxylic acids is 1. The van der Waals surface area contributed by atoms with Crippen LogP contribution in [0.5, 0.6) is 0 Å². The van der Waals surface area contributed by atoms with Crippen molar-refractivity contribution in [3.63, 3.8) is 0 Å². The first-order valence-electron chi connectivity index (χ1n) is 7.44. The van der Waals surface area contributed by atoms with E-state index in [2.05, 4.69) is 29.3 Å². The maximum Gasteiger partial charge on any atom is 0.307 e. The van der Waals surface area contributed by atoms with Crippen LogP contribution in [-0.4, -0.2) is 36.6 Å². The van der Waals surface area contributed by atoms with Crippen molar-refractivity contribution in [3.8, 4) is 0 Å². The van der Waals surface area contributed by atoms with Gasteiger partial charge in [0.25, 0.3) is 0 Å². The van der Waals surface area contributed by atoms with Crippen molar-refractivity contribution in [1.29, 1.82) is 0 Å².